The number of Topliss-reactive ketones (excluding diaryl/α,β-unsaturated/α-hetero) is 1. The highest BCUT2D eigenvalue weighted by molar-refractivity contribution is 5.78. The van der Waals surface area contributed by atoms with Gasteiger partial charge in [-0.05, 0) is 19.3 Å². The Morgan fingerprint density at radius 1 is 0.619 bits per heavy atom. The van der Waals surface area contributed by atoms with Crippen molar-refractivity contribution in [2.75, 3.05) is 0 Å². The van der Waals surface area contributed by atoms with E-state index in [-0.39, 0.29) is 5.91 Å². The van der Waals surface area contributed by atoms with Crippen molar-refractivity contribution in [1.29, 1.82) is 0 Å². The first-order valence-electron chi connectivity index (χ1n) is 8.96. The quantitative estimate of drug-likeness (QED) is 0.411. The third-order valence-corrected chi connectivity index (χ3v) is 3.94. The van der Waals surface area contributed by atoms with Crippen molar-refractivity contribution in [2.24, 2.45) is 5.73 Å². The van der Waals surface area contributed by atoms with Gasteiger partial charge in [-0.1, -0.05) is 64.7 Å². The molecule has 0 aliphatic carbocycles. The van der Waals surface area contributed by atoms with Gasteiger partial charge in [-0.2, -0.15) is 0 Å². The Morgan fingerprint density at radius 3 is 1.43 bits per heavy atom. The number of ketones is 1. The Bertz CT molecular complexity index is 264. The van der Waals surface area contributed by atoms with Gasteiger partial charge in [0.1, 0.15) is 5.78 Å². The number of amides is 1. The first kappa shape index (κ1) is 20.1. The molecule has 0 aromatic rings. The number of hydrogen-bond acceptors (Lipinski definition) is 2. The van der Waals surface area contributed by atoms with Gasteiger partial charge in [0.15, 0.2) is 0 Å². The van der Waals surface area contributed by atoms with Crippen molar-refractivity contribution in [3.05, 3.63) is 0 Å². The van der Waals surface area contributed by atoms with E-state index in [4.69, 9.17) is 5.73 Å². The minimum Gasteiger partial charge on any atom is -0.370 e. The second-order valence-electron chi connectivity index (χ2n) is 6.14. The van der Waals surface area contributed by atoms with Gasteiger partial charge in [-0.3, -0.25) is 9.59 Å². The SMILES string of the molecule is CCCCCCCC(=O)CCCCCCCCCC(N)=O. The van der Waals surface area contributed by atoms with Crippen LogP contribution in [0.1, 0.15) is 103 Å². The molecule has 21 heavy (non-hydrogen) atoms. The summed E-state index contributed by atoms with van der Waals surface area (Å²) >= 11 is 0. The maximum absolute atomic E-state index is 11.7. The van der Waals surface area contributed by atoms with E-state index in [2.05, 4.69) is 6.92 Å². The van der Waals surface area contributed by atoms with Crippen molar-refractivity contribution in [1.82, 2.24) is 0 Å². The third-order valence-electron chi connectivity index (χ3n) is 3.94. The van der Waals surface area contributed by atoms with Crippen LogP contribution >= 0.6 is 0 Å². The van der Waals surface area contributed by atoms with Crippen LogP contribution in [0, 0.1) is 0 Å². The zero-order chi connectivity index (χ0) is 15.8. The molecule has 0 aromatic carbocycles. The van der Waals surface area contributed by atoms with E-state index in [1.54, 1.807) is 0 Å². The Hall–Kier alpha value is -0.860. The lowest BCUT2D eigenvalue weighted by molar-refractivity contribution is -0.119. The van der Waals surface area contributed by atoms with Crippen molar-refractivity contribution in [3.63, 3.8) is 0 Å². The summed E-state index contributed by atoms with van der Waals surface area (Å²) in [7, 11) is 0. The number of rotatable bonds is 16. The summed E-state index contributed by atoms with van der Waals surface area (Å²) in [4.78, 5) is 22.2. The number of nitrogens with two attached hydrogens (primary N) is 1. The molecular formula is C18H35NO2. The van der Waals surface area contributed by atoms with E-state index in [1.165, 1.54) is 44.9 Å². The number of primary amides is 1. The van der Waals surface area contributed by atoms with Gasteiger partial charge >= 0.3 is 0 Å². The summed E-state index contributed by atoms with van der Waals surface area (Å²) < 4.78 is 0. The van der Waals surface area contributed by atoms with E-state index in [9.17, 15) is 9.59 Å². The summed E-state index contributed by atoms with van der Waals surface area (Å²) in [6, 6.07) is 0. The molecule has 0 radical (unpaired) electrons. The summed E-state index contributed by atoms with van der Waals surface area (Å²) in [5.74, 6) is 0.260. The monoisotopic (exact) mass is 297 g/mol. The molecule has 0 unspecified atom stereocenters. The largest absolute Gasteiger partial charge is 0.370 e. The molecule has 3 heteroatoms. The molecule has 3 nitrogen and oxygen atoms in total. The summed E-state index contributed by atoms with van der Waals surface area (Å²) in [6.07, 6.45) is 16.0. The van der Waals surface area contributed by atoms with Gasteiger partial charge in [0.25, 0.3) is 0 Å². The minimum atomic E-state index is -0.191. The van der Waals surface area contributed by atoms with E-state index in [1.807, 2.05) is 0 Å². The fourth-order valence-electron chi connectivity index (χ4n) is 2.56. The molecular weight excluding hydrogens is 262 g/mol. The molecule has 0 atom stereocenters. The molecule has 0 fully saturated rings. The highest BCUT2D eigenvalue weighted by atomic mass is 16.1. The molecule has 0 saturated heterocycles. The number of unbranched alkanes of at least 4 members (excludes halogenated alkanes) is 10. The average Bonchev–Trinajstić information content (AvgIpc) is 2.45. The lowest BCUT2D eigenvalue weighted by atomic mass is 10.0. The first-order valence-corrected chi connectivity index (χ1v) is 8.96. The standard InChI is InChI=1S/C18H35NO2/c1-2-3-4-8-11-14-17(20)15-12-9-6-5-7-10-13-16-18(19)21/h2-16H2,1H3,(H2,19,21). The number of carbonyl (C=O) groups excluding carboxylic acids is 2. The molecule has 1 amide bonds. The predicted octanol–water partition coefficient (Wildman–Crippen LogP) is 4.91. The molecule has 0 aromatic heterocycles. The van der Waals surface area contributed by atoms with Gasteiger partial charge in [-0.15, -0.1) is 0 Å². The van der Waals surface area contributed by atoms with Crippen LogP contribution in [-0.4, -0.2) is 11.7 Å². The minimum absolute atomic E-state index is 0.191. The normalized spacial score (nSPS) is 10.7. The van der Waals surface area contributed by atoms with Crippen molar-refractivity contribution < 1.29 is 9.59 Å². The van der Waals surface area contributed by atoms with Crippen LogP contribution < -0.4 is 5.73 Å². The number of carbonyl (C=O) groups is 2. The molecule has 0 saturated carbocycles. The molecule has 2 N–H and O–H groups in total. The van der Waals surface area contributed by atoms with Crippen molar-refractivity contribution in [2.45, 2.75) is 103 Å². The second-order valence-corrected chi connectivity index (χ2v) is 6.14. The first-order chi connectivity index (χ1) is 10.2. The van der Waals surface area contributed by atoms with Crippen LogP contribution in [0.25, 0.3) is 0 Å². The molecule has 0 spiro atoms. The zero-order valence-corrected chi connectivity index (χ0v) is 14.0. The highest BCUT2D eigenvalue weighted by Crippen LogP contribution is 2.12. The van der Waals surface area contributed by atoms with Gasteiger partial charge in [0.05, 0.1) is 0 Å². The Kier molecular flexibility index (Phi) is 14.9. The maximum Gasteiger partial charge on any atom is 0.217 e. The fraction of sp³-hybridized carbons (Fsp3) is 0.889. The van der Waals surface area contributed by atoms with Gasteiger partial charge in [0.2, 0.25) is 5.91 Å². The van der Waals surface area contributed by atoms with E-state index < -0.39 is 0 Å². The average molecular weight is 297 g/mol. The summed E-state index contributed by atoms with van der Waals surface area (Å²) in [6.45, 7) is 2.21. The fourth-order valence-corrected chi connectivity index (χ4v) is 2.56. The molecule has 0 heterocycles. The lowest BCUT2D eigenvalue weighted by Gasteiger charge is -2.03. The lowest BCUT2D eigenvalue weighted by Crippen LogP contribution is -2.09. The van der Waals surface area contributed by atoms with Crippen molar-refractivity contribution >= 4 is 11.7 Å². The zero-order valence-electron chi connectivity index (χ0n) is 14.0. The predicted molar refractivity (Wildman–Crippen MR) is 89.1 cm³/mol. The van der Waals surface area contributed by atoms with Crippen LogP contribution in [0.5, 0.6) is 0 Å². The number of hydrogen-bond donors (Lipinski definition) is 1. The second kappa shape index (κ2) is 15.5. The molecule has 124 valence electrons. The van der Waals surface area contributed by atoms with E-state index in [0.29, 0.717) is 12.2 Å². The molecule has 0 aliphatic rings. The molecule has 0 rings (SSSR count). The maximum atomic E-state index is 11.7. The smallest absolute Gasteiger partial charge is 0.217 e. The van der Waals surface area contributed by atoms with E-state index in [0.717, 1.165) is 44.9 Å². The van der Waals surface area contributed by atoms with E-state index >= 15 is 0 Å². The van der Waals surface area contributed by atoms with Crippen molar-refractivity contribution in [3.8, 4) is 0 Å². The molecule has 0 bridgehead atoms. The molecule has 0 aliphatic heterocycles. The Morgan fingerprint density at radius 2 is 1.00 bits per heavy atom. The van der Waals surface area contributed by atoms with Crippen LogP contribution in [0.3, 0.4) is 0 Å². The highest BCUT2D eigenvalue weighted by Gasteiger charge is 2.01. The van der Waals surface area contributed by atoms with Crippen LogP contribution in [-0.2, 0) is 9.59 Å². The van der Waals surface area contributed by atoms with Gasteiger partial charge in [0, 0.05) is 19.3 Å². The van der Waals surface area contributed by atoms with Gasteiger partial charge in [-0.25, -0.2) is 0 Å². The van der Waals surface area contributed by atoms with Crippen LogP contribution in [0.2, 0.25) is 0 Å². The summed E-state index contributed by atoms with van der Waals surface area (Å²) in [5, 5.41) is 0. The topological polar surface area (TPSA) is 60.2 Å². The van der Waals surface area contributed by atoms with Gasteiger partial charge < -0.3 is 5.73 Å². The Labute approximate surface area is 131 Å². The third kappa shape index (κ3) is 17.1. The summed E-state index contributed by atoms with van der Waals surface area (Å²) in [5.41, 5.74) is 5.09. The Balaban J connectivity index is 3.16. The van der Waals surface area contributed by atoms with Crippen LogP contribution in [0.4, 0.5) is 0 Å². The van der Waals surface area contributed by atoms with Crippen LogP contribution in [0.15, 0.2) is 0 Å².